The predicted octanol–water partition coefficient (Wildman–Crippen LogP) is -0.0138. The van der Waals surface area contributed by atoms with Gasteiger partial charge in [-0.1, -0.05) is 0 Å². The van der Waals surface area contributed by atoms with E-state index in [2.05, 4.69) is 0 Å². The molecule has 2 amide bonds. The quantitative estimate of drug-likeness (QED) is 0.681. The van der Waals surface area contributed by atoms with Gasteiger partial charge < -0.3 is 24.7 Å². The number of carboxylic acids is 1. The Bertz CT molecular complexity index is 310. The molecule has 1 aliphatic heterocycles. The van der Waals surface area contributed by atoms with Gasteiger partial charge in [-0.25, -0.2) is 4.79 Å². The SMILES string of the molecule is COCCN(CCO)C(=O)N1CCCC1CC(=O)O. The lowest BCUT2D eigenvalue weighted by Gasteiger charge is -2.31. The van der Waals surface area contributed by atoms with Crippen LogP contribution >= 0.6 is 0 Å². The predicted molar refractivity (Wildman–Crippen MR) is 67.9 cm³/mol. The second kappa shape index (κ2) is 7.96. The van der Waals surface area contributed by atoms with Crippen molar-refractivity contribution in [3.8, 4) is 0 Å². The van der Waals surface area contributed by atoms with Gasteiger partial charge in [0.05, 0.1) is 19.6 Å². The monoisotopic (exact) mass is 274 g/mol. The molecule has 2 N–H and O–H groups in total. The van der Waals surface area contributed by atoms with Crippen molar-refractivity contribution in [2.24, 2.45) is 0 Å². The minimum absolute atomic E-state index is 0.0248. The molecule has 0 aromatic carbocycles. The van der Waals surface area contributed by atoms with E-state index in [0.717, 1.165) is 12.8 Å². The number of nitrogens with zero attached hydrogens (tertiary/aromatic N) is 2. The molecule has 0 bridgehead atoms. The molecule has 1 aliphatic rings. The maximum atomic E-state index is 12.3. The fourth-order valence-corrected chi connectivity index (χ4v) is 2.31. The van der Waals surface area contributed by atoms with E-state index in [4.69, 9.17) is 14.9 Å². The van der Waals surface area contributed by atoms with Crippen LogP contribution in [0.2, 0.25) is 0 Å². The number of ether oxygens (including phenoxy) is 1. The summed E-state index contributed by atoms with van der Waals surface area (Å²) < 4.78 is 4.93. The minimum Gasteiger partial charge on any atom is -0.481 e. The number of methoxy groups -OCH3 is 1. The highest BCUT2D eigenvalue weighted by atomic mass is 16.5. The first-order chi connectivity index (χ1) is 9.10. The van der Waals surface area contributed by atoms with Crippen molar-refractivity contribution >= 4 is 12.0 Å². The van der Waals surface area contributed by atoms with E-state index < -0.39 is 5.97 Å². The maximum Gasteiger partial charge on any atom is 0.320 e. The number of carbonyl (C=O) groups excluding carboxylic acids is 1. The number of carbonyl (C=O) groups is 2. The first-order valence-corrected chi connectivity index (χ1v) is 6.47. The number of hydrogen-bond donors (Lipinski definition) is 2. The molecule has 1 saturated heterocycles. The molecule has 0 radical (unpaired) electrons. The molecule has 7 heteroatoms. The molecule has 0 aromatic rings. The first kappa shape index (κ1) is 15.7. The number of amides is 2. The molecule has 1 unspecified atom stereocenters. The summed E-state index contributed by atoms with van der Waals surface area (Å²) in [6.07, 6.45) is 1.51. The molecule has 1 fully saturated rings. The fourth-order valence-electron chi connectivity index (χ4n) is 2.31. The van der Waals surface area contributed by atoms with Gasteiger partial charge in [-0.15, -0.1) is 0 Å². The van der Waals surface area contributed by atoms with Gasteiger partial charge in [-0.3, -0.25) is 4.79 Å². The average Bonchev–Trinajstić information content (AvgIpc) is 2.80. The molecule has 1 atom stereocenters. The zero-order valence-corrected chi connectivity index (χ0v) is 11.2. The van der Waals surface area contributed by atoms with Crippen LogP contribution in [-0.2, 0) is 9.53 Å². The molecule has 1 heterocycles. The van der Waals surface area contributed by atoms with Gasteiger partial charge >= 0.3 is 12.0 Å². The second-order valence-corrected chi connectivity index (χ2v) is 4.57. The van der Waals surface area contributed by atoms with E-state index in [1.165, 1.54) is 4.90 Å². The van der Waals surface area contributed by atoms with Crippen LogP contribution in [0.5, 0.6) is 0 Å². The van der Waals surface area contributed by atoms with Crippen molar-refractivity contribution in [2.75, 3.05) is 40.0 Å². The molecule has 0 aliphatic carbocycles. The Morgan fingerprint density at radius 3 is 2.74 bits per heavy atom. The van der Waals surface area contributed by atoms with Crippen molar-refractivity contribution in [2.45, 2.75) is 25.3 Å². The Kier molecular flexibility index (Phi) is 6.58. The summed E-state index contributed by atoms with van der Waals surface area (Å²) in [5.74, 6) is -0.893. The summed E-state index contributed by atoms with van der Waals surface area (Å²) in [4.78, 5) is 26.2. The molecular weight excluding hydrogens is 252 g/mol. The standard InChI is InChI=1S/C12H22N2O5/c1-19-8-6-13(5-7-15)12(18)14-4-2-3-10(14)9-11(16)17/h10,15H,2-9H2,1H3,(H,16,17). The number of urea groups is 1. The lowest BCUT2D eigenvalue weighted by Crippen LogP contribution is -2.48. The topological polar surface area (TPSA) is 90.3 Å². The smallest absolute Gasteiger partial charge is 0.320 e. The lowest BCUT2D eigenvalue weighted by molar-refractivity contribution is -0.138. The zero-order valence-electron chi connectivity index (χ0n) is 11.2. The number of aliphatic hydroxyl groups excluding tert-OH is 1. The summed E-state index contributed by atoms with van der Waals surface area (Å²) in [6, 6.07) is -0.455. The Morgan fingerprint density at radius 2 is 2.16 bits per heavy atom. The summed E-state index contributed by atoms with van der Waals surface area (Å²) in [6.45, 7) is 1.48. The van der Waals surface area contributed by atoms with Crippen LogP contribution in [0.15, 0.2) is 0 Å². The van der Waals surface area contributed by atoms with Crippen LogP contribution in [0.4, 0.5) is 4.79 Å². The van der Waals surface area contributed by atoms with Gasteiger partial charge in [0, 0.05) is 32.8 Å². The molecule has 0 saturated carbocycles. The second-order valence-electron chi connectivity index (χ2n) is 4.57. The largest absolute Gasteiger partial charge is 0.481 e. The summed E-state index contributed by atoms with van der Waals surface area (Å²) in [5.41, 5.74) is 0. The number of likely N-dealkylation sites (tertiary alicyclic amines) is 1. The van der Waals surface area contributed by atoms with E-state index in [9.17, 15) is 9.59 Å². The fraction of sp³-hybridized carbons (Fsp3) is 0.833. The van der Waals surface area contributed by atoms with Crippen LogP contribution in [0.25, 0.3) is 0 Å². The van der Waals surface area contributed by atoms with Gasteiger partial charge in [-0.2, -0.15) is 0 Å². The minimum atomic E-state index is -0.893. The highest BCUT2D eigenvalue weighted by Crippen LogP contribution is 2.21. The van der Waals surface area contributed by atoms with E-state index in [-0.39, 0.29) is 31.6 Å². The lowest BCUT2D eigenvalue weighted by atomic mass is 10.1. The van der Waals surface area contributed by atoms with Crippen LogP contribution in [0.1, 0.15) is 19.3 Å². The Morgan fingerprint density at radius 1 is 1.42 bits per heavy atom. The number of rotatable bonds is 7. The highest BCUT2D eigenvalue weighted by molar-refractivity contribution is 5.76. The molecular formula is C12H22N2O5. The van der Waals surface area contributed by atoms with E-state index in [1.807, 2.05) is 0 Å². The third-order valence-corrected chi connectivity index (χ3v) is 3.24. The van der Waals surface area contributed by atoms with E-state index in [0.29, 0.717) is 19.7 Å². The van der Waals surface area contributed by atoms with Crippen LogP contribution in [0.3, 0.4) is 0 Å². The summed E-state index contributed by atoms with van der Waals surface area (Å²) in [5, 5.41) is 17.8. The van der Waals surface area contributed by atoms with Crippen molar-refractivity contribution in [3.63, 3.8) is 0 Å². The van der Waals surface area contributed by atoms with Crippen LogP contribution < -0.4 is 0 Å². The highest BCUT2D eigenvalue weighted by Gasteiger charge is 2.32. The molecule has 19 heavy (non-hydrogen) atoms. The third kappa shape index (κ3) is 4.68. The van der Waals surface area contributed by atoms with Gasteiger partial charge in [0.2, 0.25) is 0 Å². The number of aliphatic hydroxyl groups is 1. The van der Waals surface area contributed by atoms with Crippen molar-refractivity contribution in [3.05, 3.63) is 0 Å². The number of carboxylic acid groups (broad SMARTS) is 1. The van der Waals surface area contributed by atoms with Crippen LogP contribution in [-0.4, -0.2) is 78.0 Å². The van der Waals surface area contributed by atoms with Gasteiger partial charge in [0.15, 0.2) is 0 Å². The normalized spacial score (nSPS) is 18.6. The van der Waals surface area contributed by atoms with Crippen molar-refractivity contribution in [1.29, 1.82) is 0 Å². The van der Waals surface area contributed by atoms with Gasteiger partial charge in [-0.05, 0) is 12.8 Å². The summed E-state index contributed by atoms with van der Waals surface area (Å²) in [7, 11) is 1.55. The Balaban J connectivity index is 2.63. The number of hydrogen-bond acceptors (Lipinski definition) is 4. The van der Waals surface area contributed by atoms with Gasteiger partial charge in [0.1, 0.15) is 0 Å². The van der Waals surface area contributed by atoms with E-state index >= 15 is 0 Å². The van der Waals surface area contributed by atoms with Crippen molar-refractivity contribution in [1.82, 2.24) is 9.80 Å². The Labute approximate surface area is 112 Å². The molecule has 7 nitrogen and oxygen atoms in total. The van der Waals surface area contributed by atoms with Crippen molar-refractivity contribution < 1.29 is 24.5 Å². The Hall–Kier alpha value is -1.34. The average molecular weight is 274 g/mol. The van der Waals surface area contributed by atoms with Crippen LogP contribution in [0, 0.1) is 0 Å². The number of aliphatic carboxylic acids is 1. The molecule has 0 aromatic heterocycles. The van der Waals surface area contributed by atoms with E-state index in [1.54, 1.807) is 12.0 Å². The molecule has 1 rings (SSSR count). The maximum absolute atomic E-state index is 12.3. The molecule has 0 spiro atoms. The van der Waals surface area contributed by atoms with Gasteiger partial charge in [0.25, 0.3) is 0 Å². The third-order valence-electron chi connectivity index (χ3n) is 3.24. The summed E-state index contributed by atoms with van der Waals surface area (Å²) >= 11 is 0. The first-order valence-electron chi connectivity index (χ1n) is 6.47. The zero-order chi connectivity index (χ0) is 14.3. The molecule has 110 valence electrons.